The fourth-order valence-corrected chi connectivity index (χ4v) is 1.51. The van der Waals surface area contributed by atoms with Crippen LogP contribution in [-0.2, 0) is 6.54 Å². The summed E-state index contributed by atoms with van der Waals surface area (Å²) in [6.07, 6.45) is 1.61. The van der Waals surface area contributed by atoms with Gasteiger partial charge in [-0.05, 0) is 26.0 Å². The number of hydrogen-bond acceptors (Lipinski definition) is 2. The van der Waals surface area contributed by atoms with Crippen LogP contribution in [-0.4, -0.2) is 14.8 Å². The van der Waals surface area contributed by atoms with E-state index in [2.05, 4.69) is 10.2 Å². The number of rotatable bonds is 2. The van der Waals surface area contributed by atoms with E-state index in [1.165, 1.54) is 6.07 Å². The summed E-state index contributed by atoms with van der Waals surface area (Å²) in [5.74, 6) is 0.321. The molecule has 15 heavy (non-hydrogen) atoms. The number of aryl methyl sites for hydroxylation is 2. The van der Waals surface area contributed by atoms with E-state index in [-0.39, 0.29) is 5.82 Å². The van der Waals surface area contributed by atoms with Gasteiger partial charge < -0.3 is 4.57 Å². The van der Waals surface area contributed by atoms with E-state index in [9.17, 15) is 4.39 Å². The lowest BCUT2D eigenvalue weighted by molar-refractivity contribution is 0.626. The fourth-order valence-electron chi connectivity index (χ4n) is 1.51. The molecule has 0 saturated heterocycles. The molecule has 0 amide bonds. The summed E-state index contributed by atoms with van der Waals surface area (Å²) < 4.78 is 15.4. The average molecular weight is 205 g/mol. The molecule has 0 unspecified atom stereocenters. The first-order chi connectivity index (χ1) is 7.22. The van der Waals surface area contributed by atoms with Crippen LogP contribution in [0.3, 0.4) is 0 Å². The summed E-state index contributed by atoms with van der Waals surface area (Å²) in [4.78, 5) is 0. The smallest absolute Gasteiger partial charge is 0.166 e. The van der Waals surface area contributed by atoms with E-state index in [4.69, 9.17) is 0 Å². The Labute approximate surface area is 87.6 Å². The summed E-state index contributed by atoms with van der Waals surface area (Å²) in [6.45, 7) is 4.63. The molecule has 0 aliphatic rings. The van der Waals surface area contributed by atoms with E-state index in [1.807, 2.05) is 18.4 Å². The van der Waals surface area contributed by atoms with E-state index in [0.717, 1.165) is 12.1 Å². The van der Waals surface area contributed by atoms with Crippen LogP contribution in [0.15, 0.2) is 24.5 Å². The third-order valence-electron chi connectivity index (χ3n) is 2.32. The Balaban J connectivity index is 2.58. The SMILES string of the molecule is CCn1cnnc1-c1cc(C)ccc1F. The molecule has 0 fully saturated rings. The normalized spacial score (nSPS) is 10.6. The Kier molecular flexibility index (Phi) is 2.49. The Morgan fingerprint density at radius 3 is 2.93 bits per heavy atom. The van der Waals surface area contributed by atoms with Crippen molar-refractivity contribution in [1.29, 1.82) is 0 Å². The van der Waals surface area contributed by atoms with Crippen molar-refractivity contribution in [1.82, 2.24) is 14.8 Å². The second-order valence-electron chi connectivity index (χ2n) is 3.42. The van der Waals surface area contributed by atoms with Gasteiger partial charge in [-0.3, -0.25) is 0 Å². The first-order valence-electron chi connectivity index (χ1n) is 4.86. The van der Waals surface area contributed by atoms with E-state index in [1.54, 1.807) is 18.5 Å². The molecule has 0 spiro atoms. The molecule has 0 saturated carbocycles. The molecular weight excluding hydrogens is 193 g/mol. The van der Waals surface area contributed by atoms with Gasteiger partial charge in [0.05, 0.1) is 5.56 Å². The van der Waals surface area contributed by atoms with Gasteiger partial charge in [0.2, 0.25) is 0 Å². The zero-order valence-electron chi connectivity index (χ0n) is 8.74. The largest absolute Gasteiger partial charge is 0.314 e. The quantitative estimate of drug-likeness (QED) is 0.753. The van der Waals surface area contributed by atoms with Gasteiger partial charge in [0.1, 0.15) is 12.1 Å². The topological polar surface area (TPSA) is 30.7 Å². The minimum Gasteiger partial charge on any atom is -0.314 e. The monoisotopic (exact) mass is 205 g/mol. The van der Waals surface area contributed by atoms with Gasteiger partial charge in [-0.1, -0.05) is 11.6 Å². The second kappa shape index (κ2) is 3.81. The summed E-state index contributed by atoms with van der Waals surface area (Å²) in [5, 5.41) is 7.72. The standard InChI is InChI=1S/C11H12FN3/c1-3-15-7-13-14-11(15)9-6-8(2)4-5-10(9)12/h4-7H,3H2,1-2H3. The van der Waals surface area contributed by atoms with E-state index < -0.39 is 0 Å². The van der Waals surface area contributed by atoms with Crippen molar-refractivity contribution in [3.8, 4) is 11.4 Å². The molecule has 1 aromatic heterocycles. The zero-order chi connectivity index (χ0) is 10.8. The molecule has 2 aromatic rings. The van der Waals surface area contributed by atoms with Crippen LogP contribution < -0.4 is 0 Å². The van der Waals surface area contributed by atoms with Crippen LogP contribution in [0.4, 0.5) is 4.39 Å². The summed E-state index contributed by atoms with van der Waals surface area (Å²) in [6, 6.07) is 4.98. The van der Waals surface area contributed by atoms with Crippen molar-refractivity contribution >= 4 is 0 Å². The molecule has 1 heterocycles. The highest BCUT2D eigenvalue weighted by atomic mass is 19.1. The molecular formula is C11H12FN3. The average Bonchev–Trinajstić information content (AvgIpc) is 2.69. The van der Waals surface area contributed by atoms with E-state index in [0.29, 0.717) is 11.4 Å². The maximum Gasteiger partial charge on any atom is 0.166 e. The molecule has 2 rings (SSSR count). The van der Waals surface area contributed by atoms with Gasteiger partial charge in [0, 0.05) is 6.54 Å². The first kappa shape index (κ1) is 9.83. The van der Waals surface area contributed by atoms with Crippen LogP contribution >= 0.6 is 0 Å². The van der Waals surface area contributed by atoms with Gasteiger partial charge >= 0.3 is 0 Å². The van der Waals surface area contributed by atoms with Crippen LogP contribution in [0.2, 0.25) is 0 Å². The maximum absolute atomic E-state index is 13.6. The minimum absolute atomic E-state index is 0.261. The van der Waals surface area contributed by atoms with Crippen molar-refractivity contribution in [3.63, 3.8) is 0 Å². The molecule has 0 N–H and O–H groups in total. The van der Waals surface area contributed by atoms with Gasteiger partial charge in [0.15, 0.2) is 5.82 Å². The van der Waals surface area contributed by atoms with Gasteiger partial charge in [-0.15, -0.1) is 10.2 Å². The minimum atomic E-state index is -0.261. The molecule has 0 radical (unpaired) electrons. The van der Waals surface area contributed by atoms with Crippen molar-refractivity contribution in [2.75, 3.05) is 0 Å². The number of aromatic nitrogens is 3. The molecule has 4 heteroatoms. The molecule has 0 aliphatic carbocycles. The summed E-state index contributed by atoms with van der Waals surface area (Å²) in [5.41, 5.74) is 1.52. The van der Waals surface area contributed by atoms with Crippen LogP contribution in [0, 0.1) is 12.7 Å². The maximum atomic E-state index is 13.6. The van der Waals surface area contributed by atoms with Gasteiger partial charge in [-0.25, -0.2) is 4.39 Å². The predicted molar refractivity (Wildman–Crippen MR) is 55.8 cm³/mol. The lowest BCUT2D eigenvalue weighted by Gasteiger charge is -2.05. The van der Waals surface area contributed by atoms with E-state index >= 15 is 0 Å². The van der Waals surface area contributed by atoms with Crippen molar-refractivity contribution in [2.45, 2.75) is 20.4 Å². The third kappa shape index (κ3) is 1.75. The Morgan fingerprint density at radius 1 is 1.40 bits per heavy atom. The highest BCUT2D eigenvalue weighted by Gasteiger charge is 2.11. The van der Waals surface area contributed by atoms with Crippen molar-refractivity contribution in [3.05, 3.63) is 35.9 Å². The number of benzene rings is 1. The fraction of sp³-hybridized carbons (Fsp3) is 0.273. The molecule has 0 bridgehead atoms. The van der Waals surface area contributed by atoms with Crippen molar-refractivity contribution in [2.24, 2.45) is 0 Å². The molecule has 3 nitrogen and oxygen atoms in total. The molecule has 78 valence electrons. The Morgan fingerprint density at radius 2 is 2.20 bits per heavy atom. The summed E-state index contributed by atoms with van der Waals surface area (Å²) in [7, 11) is 0. The lowest BCUT2D eigenvalue weighted by atomic mass is 10.1. The second-order valence-corrected chi connectivity index (χ2v) is 3.42. The Hall–Kier alpha value is -1.71. The van der Waals surface area contributed by atoms with Crippen molar-refractivity contribution < 1.29 is 4.39 Å². The van der Waals surface area contributed by atoms with Crippen LogP contribution in [0.25, 0.3) is 11.4 Å². The van der Waals surface area contributed by atoms with Crippen LogP contribution in [0.5, 0.6) is 0 Å². The van der Waals surface area contributed by atoms with Crippen LogP contribution in [0.1, 0.15) is 12.5 Å². The number of halogens is 1. The number of nitrogens with zero attached hydrogens (tertiary/aromatic N) is 3. The van der Waals surface area contributed by atoms with Gasteiger partial charge in [0.25, 0.3) is 0 Å². The Bertz CT molecular complexity index is 476. The lowest BCUT2D eigenvalue weighted by Crippen LogP contribution is -1.98. The zero-order valence-corrected chi connectivity index (χ0v) is 8.74. The molecule has 1 aromatic carbocycles. The molecule has 0 aliphatic heterocycles. The number of hydrogen-bond donors (Lipinski definition) is 0. The first-order valence-corrected chi connectivity index (χ1v) is 4.86. The predicted octanol–water partition coefficient (Wildman–Crippen LogP) is 2.41. The third-order valence-corrected chi connectivity index (χ3v) is 2.32. The highest BCUT2D eigenvalue weighted by molar-refractivity contribution is 5.57. The highest BCUT2D eigenvalue weighted by Crippen LogP contribution is 2.21. The summed E-state index contributed by atoms with van der Waals surface area (Å²) >= 11 is 0. The molecule has 0 atom stereocenters. The van der Waals surface area contributed by atoms with Gasteiger partial charge in [-0.2, -0.15) is 0 Å².